The molecule has 1 amide bonds. The third kappa shape index (κ3) is 5.21. The first-order valence-corrected chi connectivity index (χ1v) is 8.30. The van der Waals surface area contributed by atoms with Crippen molar-refractivity contribution in [1.82, 2.24) is 5.32 Å². The SMILES string of the molecule is CCOc1ccccc1OCC(=O)NCC(C)(C)c1ccccc1F. The summed E-state index contributed by atoms with van der Waals surface area (Å²) in [5.74, 6) is 0.580. The summed E-state index contributed by atoms with van der Waals surface area (Å²) < 4.78 is 24.9. The Morgan fingerprint density at radius 3 is 2.28 bits per heavy atom. The molecule has 0 atom stereocenters. The van der Waals surface area contributed by atoms with Gasteiger partial charge in [-0.2, -0.15) is 0 Å². The van der Waals surface area contributed by atoms with Crippen LogP contribution in [0.25, 0.3) is 0 Å². The standard InChI is InChI=1S/C20H24FNO3/c1-4-24-17-11-7-8-12-18(17)25-13-19(23)22-14-20(2,3)15-9-5-6-10-16(15)21/h5-12H,4,13-14H2,1-3H3,(H,22,23). The van der Waals surface area contributed by atoms with E-state index >= 15 is 0 Å². The third-order valence-electron chi connectivity index (χ3n) is 3.84. The molecule has 0 aromatic heterocycles. The van der Waals surface area contributed by atoms with Crippen LogP contribution >= 0.6 is 0 Å². The predicted molar refractivity (Wildman–Crippen MR) is 95.5 cm³/mol. The Hall–Kier alpha value is -2.56. The number of benzene rings is 2. The van der Waals surface area contributed by atoms with Crippen LogP contribution in [0.15, 0.2) is 48.5 Å². The lowest BCUT2D eigenvalue weighted by Crippen LogP contribution is -2.39. The fraction of sp³-hybridized carbons (Fsp3) is 0.350. The maximum Gasteiger partial charge on any atom is 0.257 e. The van der Waals surface area contributed by atoms with E-state index < -0.39 is 5.41 Å². The van der Waals surface area contributed by atoms with Gasteiger partial charge in [0.15, 0.2) is 18.1 Å². The Bertz CT molecular complexity index is 716. The lowest BCUT2D eigenvalue weighted by atomic mass is 9.84. The van der Waals surface area contributed by atoms with E-state index in [1.165, 1.54) is 6.07 Å². The number of carbonyl (C=O) groups is 1. The largest absolute Gasteiger partial charge is 0.490 e. The van der Waals surface area contributed by atoms with E-state index in [0.717, 1.165) is 0 Å². The molecule has 1 N–H and O–H groups in total. The van der Waals surface area contributed by atoms with Crippen molar-refractivity contribution in [2.45, 2.75) is 26.2 Å². The zero-order valence-electron chi connectivity index (χ0n) is 14.8. The smallest absolute Gasteiger partial charge is 0.257 e. The van der Waals surface area contributed by atoms with Gasteiger partial charge in [0.1, 0.15) is 5.82 Å². The highest BCUT2D eigenvalue weighted by molar-refractivity contribution is 5.77. The number of carbonyl (C=O) groups excluding carboxylic acids is 1. The molecule has 0 saturated carbocycles. The third-order valence-corrected chi connectivity index (χ3v) is 3.84. The number of amides is 1. The molecule has 0 radical (unpaired) electrons. The molecule has 0 saturated heterocycles. The van der Waals surface area contributed by atoms with Gasteiger partial charge in [0.2, 0.25) is 0 Å². The zero-order chi connectivity index (χ0) is 18.3. The maximum absolute atomic E-state index is 13.9. The highest BCUT2D eigenvalue weighted by atomic mass is 19.1. The second kappa shape index (κ2) is 8.51. The first kappa shape index (κ1) is 18.8. The van der Waals surface area contributed by atoms with Crippen LogP contribution < -0.4 is 14.8 Å². The van der Waals surface area contributed by atoms with Crippen molar-refractivity contribution >= 4 is 5.91 Å². The van der Waals surface area contributed by atoms with E-state index in [9.17, 15) is 9.18 Å². The van der Waals surface area contributed by atoms with Crippen molar-refractivity contribution in [3.05, 3.63) is 59.9 Å². The summed E-state index contributed by atoms with van der Waals surface area (Å²) in [4.78, 5) is 12.1. The number of nitrogens with one attached hydrogen (secondary N) is 1. The van der Waals surface area contributed by atoms with E-state index in [1.54, 1.807) is 30.3 Å². The van der Waals surface area contributed by atoms with Crippen LogP contribution in [0.5, 0.6) is 11.5 Å². The molecule has 0 heterocycles. The van der Waals surface area contributed by atoms with Crippen molar-refractivity contribution in [3.8, 4) is 11.5 Å². The minimum absolute atomic E-state index is 0.128. The lowest BCUT2D eigenvalue weighted by molar-refractivity contribution is -0.123. The molecule has 0 spiro atoms. The topological polar surface area (TPSA) is 47.6 Å². The molecule has 0 aliphatic carbocycles. The summed E-state index contributed by atoms with van der Waals surface area (Å²) in [5.41, 5.74) is 0.0439. The van der Waals surface area contributed by atoms with Crippen LogP contribution in [0.2, 0.25) is 0 Å². The predicted octanol–water partition coefficient (Wildman–Crippen LogP) is 3.70. The molecule has 0 aliphatic rings. The zero-order valence-corrected chi connectivity index (χ0v) is 14.8. The van der Waals surface area contributed by atoms with Crippen molar-refractivity contribution < 1.29 is 18.7 Å². The van der Waals surface area contributed by atoms with Crippen LogP contribution in [0.4, 0.5) is 4.39 Å². The molecule has 5 heteroatoms. The van der Waals surface area contributed by atoms with Crippen LogP contribution in [0.3, 0.4) is 0 Å². The van der Waals surface area contributed by atoms with Crippen molar-refractivity contribution in [2.24, 2.45) is 0 Å². The minimum Gasteiger partial charge on any atom is -0.490 e. The molecule has 4 nitrogen and oxygen atoms in total. The summed E-state index contributed by atoms with van der Waals surface area (Å²) in [5, 5.41) is 2.80. The van der Waals surface area contributed by atoms with E-state index in [2.05, 4.69) is 5.32 Å². The molecule has 2 aromatic rings. The molecule has 25 heavy (non-hydrogen) atoms. The fourth-order valence-corrected chi connectivity index (χ4v) is 2.46. The van der Waals surface area contributed by atoms with Crippen LogP contribution in [0.1, 0.15) is 26.3 Å². The number of hydrogen-bond acceptors (Lipinski definition) is 3. The first-order chi connectivity index (χ1) is 11.9. The monoisotopic (exact) mass is 345 g/mol. The number of hydrogen-bond donors (Lipinski definition) is 1. The van der Waals surface area contributed by atoms with Crippen LogP contribution in [0, 0.1) is 5.82 Å². The van der Waals surface area contributed by atoms with E-state index in [1.807, 2.05) is 32.9 Å². The van der Waals surface area contributed by atoms with Gasteiger partial charge in [-0.05, 0) is 30.7 Å². The van der Waals surface area contributed by atoms with Gasteiger partial charge < -0.3 is 14.8 Å². The van der Waals surface area contributed by atoms with Gasteiger partial charge in [-0.3, -0.25) is 4.79 Å². The van der Waals surface area contributed by atoms with Crippen LogP contribution in [-0.4, -0.2) is 25.7 Å². The lowest BCUT2D eigenvalue weighted by Gasteiger charge is -2.26. The van der Waals surface area contributed by atoms with Gasteiger partial charge >= 0.3 is 0 Å². The maximum atomic E-state index is 13.9. The molecule has 0 aliphatic heterocycles. The highest BCUT2D eigenvalue weighted by Gasteiger charge is 2.24. The Morgan fingerprint density at radius 2 is 1.64 bits per heavy atom. The minimum atomic E-state index is -0.524. The second-order valence-corrected chi connectivity index (χ2v) is 6.31. The molecule has 0 bridgehead atoms. The Morgan fingerprint density at radius 1 is 1.04 bits per heavy atom. The molecular weight excluding hydrogens is 321 g/mol. The normalized spacial score (nSPS) is 11.0. The molecule has 2 aromatic carbocycles. The fourth-order valence-electron chi connectivity index (χ4n) is 2.46. The summed E-state index contributed by atoms with van der Waals surface area (Å²) >= 11 is 0. The van der Waals surface area contributed by atoms with E-state index in [4.69, 9.17) is 9.47 Å². The quantitative estimate of drug-likeness (QED) is 0.794. The Balaban J connectivity index is 1.90. The number of rotatable bonds is 8. The van der Waals surface area contributed by atoms with E-state index in [0.29, 0.717) is 30.2 Å². The Kier molecular flexibility index (Phi) is 6.39. The molecular formula is C20H24FNO3. The Labute approximate surface area is 148 Å². The summed E-state index contributed by atoms with van der Waals surface area (Å²) in [6.07, 6.45) is 0. The summed E-state index contributed by atoms with van der Waals surface area (Å²) in [6.45, 7) is 6.35. The number of para-hydroxylation sites is 2. The van der Waals surface area contributed by atoms with E-state index in [-0.39, 0.29) is 18.3 Å². The van der Waals surface area contributed by atoms with Gasteiger partial charge in [0.05, 0.1) is 6.61 Å². The van der Waals surface area contributed by atoms with Gasteiger partial charge in [0, 0.05) is 12.0 Å². The summed E-state index contributed by atoms with van der Waals surface area (Å²) in [7, 11) is 0. The molecule has 134 valence electrons. The highest BCUT2D eigenvalue weighted by Crippen LogP contribution is 2.26. The van der Waals surface area contributed by atoms with Crippen molar-refractivity contribution in [1.29, 1.82) is 0 Å². The van der Waals surface area contributed by atoms with Gasteiger partial charge in [-0.15, -0.1) is 0 Å². The molecule has 2 rings (SSSR count). The molecule has 0 unspecified atom stereocenters. The second-order valence-electron chi connectivity index (χ2n) is 6.31. The number of ether oxygens (including phenoxy) is 2. The first-order valence-electron chi connectivity index (χ1n) is 8.30. The van der Waals surface area contributed by atoms with Gasteiger partial charge in [0.25, 0.3) is 5.91 Å². The number of halogens is 1. The molecule has 0 fully saturated rings. The van der Waals surface area contributed by atoms with Crippen molar-refractivity contribution in [2.75, 3.05) is 19.8 Å². The van der Waals surface area contributed by atoms with Crippen LogP contribution in [-0.2, 0) is 10.2 Å². The summed E-state index contributed by atoms with van der Waals surface area (Å²) in [6, 6.07) is 13.8. The average Bonchev–Trinajstić information content (AvgIpc) is 2.60. The van der Waals surface area contributed by atoms with Gasteiger partial charge in [-0.1, -0.05) is 44.2 Å². The van der Waals surface area contributed by atoms with Crippen molar-refractivity contribution in [3.63, 3.8) is 0 Å². The van der Waals surface area contributed by atoms with Gasteiger partial charge in [-0.25, -0.2) is 4.39 Å². The average molecular weight is 345 g/mol.